The number of hydrogen-bond donors (Lipinski definition) is 1. The van der Waals surface area contributed by atoms with Gasteiger partial charge in [0, 0.05) is 19.1 Å². The molecule has 0 radical (unpaired) electrons. The summed E-state index contributed by atoms with van der Waals surface area (Å²) < 4.78 is 5.28. The summed E-state index contributed by atoms with van der Waals surface area (Å²) in [4.78, 5) is 14.6. The van der Waals surface area contributed by atoms with Gasteiger partial charge >= 0.3 is 0 Å². The molecule has 2 unspecified atom stereocenters. The molecule has 0 aliphatic carbocycles. The van der Waals surface area contributed by atoms with Crippen LogP contribution in [0.2, 0.25) is 0 Å². The molecule has 2 aliphatic rings. The van der Waals surface area contributed by atoms with E-state index in [9.17, 15) is 4.79 Å². The lowest BCUT2D eigenvalue weighted by Crippen LogP contribution is -2.46. The topological polar surface area (TPSA) is 41.6 Å². The molecule has 102 valence electrons. The van der Waals surface area contributed by atoms with Crippen LogP contribution in [0.5, 0.6) is 5.75 Å². The number of nitrogens with zero attached hydrogens (tertiary/aromatic N) is 1. The van der Waals surface area contributed by atoms with Crippen LogP contribution in [0, 0.1) is 5.92 Å². The van der Waals surface area contributed by atoms with Gasteiger partial charge < -0.3 is 15.0 Å². The highest BCUT2D eigenvalue weighted by Gasteiger charge is 2.34. The summed E-state index contributed by atoms with van der Waals surface area (Å²) in [7, 11) is 1.61. The molecule has 2 fully saturated rings. The average Bonchev–Trinajstić information content (AvgIpc) is 2.93. The number of carbonyl (C=O) groups excluding carboxylic acids is 1. The van der Waals surface area contributed by atoms with Gasteiger partial charge in [0.25, 0.3) is 5.91 Å². The second-order valence-electron chi connectivity index (χ2n) is 5.35. The first-order valence-electron chi connectivity index (χ1n) is 6.95. The fraction of sp³-hybridized carbons (Fsp3) is 0.533. The van der Waals surface area contributed by atoms with Gasteiger partial charge in [-0.1, -0.05) is 12.1 Å². The third kappa shape index (κ3) is 2.32. The summed E-state index contributed by atoms with van der Waals surface area (Å²) in [6.07, 6.45) is 2.24. The zero-order chi connectivity index (χ0) is 13.2. The number of rotatable bonds is 2. The molecule has 2 heterocycles. The van der Waals surface area contributed by atoms with Crippen molar-refractivity contribution in [2.45, 2.75) is 18.9 Å². The number of hydrogen-bond acceptors (Lipinski definition) is 3. The monoisotopic (exact) mass is 260 g/mol. The van der Waals surface area contributed by atoms with Gasteiger partial charge in [-0.3, -0.25) is 4.79 Å². The maximum absolute atomic E-state index is 12.6. The Labute approximate surface area is 113 Å². The first kappa shape index (κ1) is 12.5. The minimum absolute atomic E-state index is 0.0998. The van der Waals surface area contributed by atoms with Gasteiger partial charge in [0.2, 0.25) is 0 Å². The fourth-order valence-electron chi connectivity index (χ4n) is 3.22. The van der Waals surface area contributed by atoms with Gasteiger partial charge in [-0.2, -0.15) is 0 Å². The van der Waals surface area contributed by atoms with Crippen molar-refractivity contribution in [1.29, 1.82) is 0 Å². The SMILES string of the molecule is COc1ccccc1C(=O)N1CCC2NCCC2C1. The van der Waals surface area contributed by atoms with Crippen LogP contribution in [0.3, 0.4) is 0 Å². The van der Waals surface area contributed by atoms with Crippen LogP contribution >= 0.6 is 0 Å². The molecule has 2 aliphatic heterocycles. The molecule has 1 aromatic rings. The maximum Gasteiger partial charge on any atom is 0.257 e. The zero-order valence-corrected chi connectivity index (χ0v) is 11.3. The van der Waals surface area contributed by atoms with E-state index in [0.29, 0.717) is 23.3 Å². The van der Waals surface area contributed by atoms with Crippen molar-refractivity contribution in [3.05, 3.63) is 29.8 Å². The number of fused-ring (bicyclic) bond motifs is 1. The zero-order valence-electron chi connectivity index (χ0n) is 11.3. The third-order valence-electron chi connectivity index (χ3n) is 4.28. The Morgan fingerprint density at radius 2 is 2.21 bits per heavy atom. The van der Waals surface area contributed by atoms with E-state index in [2.05, 4.69) is 5.32 Å². The number of likely N-dealkylation sites (tertiary alicyclic amines) is 1. The number of methoxy groups -OCH3 is 1. The molecule has 4 nitrogen and oxygen atoms in total. The number of carbonyl (C=O) groups is 1. The van der Waals surface area contributed by atoms with Crippen LogP contribution in [-0.4, -0.2) is 43.6 Å². The van der Waals surface area contributed by atoms with Crippen molar-refractivity contribution in [3.63, 3.8) is 0 Å². The van der Waals surface area contributed by atoms with Crippen molar-refractivity contribution in [3.8, 4) is 5.75 Å². The van der Waals surface area contributed by atoms with Gasteiger partial charge in [-0.15, -0.1) is 0 Å². The van der Waals surface area contributed by atoms with Crippen LogP contribution < -0.4 is 10.1 Å². The Morgan fingerprint density at radius 1 is 1.37 bits per heavy atom. The Morgan fingerprint density at radius 3 is 3.05 bits per heavy atom. The van der Waals surface area contributed by atoms with E-state index in [1.807, 2.05) is 29.2 Å². The summed E-state index contributed by atoms with van der Waals surface area (Å²) in [5, 5.41) is 3.52. The van der Waals surface area contributed by atoms with Crippen LogP contribution in [0.4, 0.5) is 0 Å². The largest absolute Gasteiger partial charge is 0.496 e. The molecule has 1 N–H and O–H groups in total. The standard InChI is InChI=1S/C15H20N2O2/c1-19-14-5-3-2-4-12(14)15(18)17-9-7-13-11(10-17)6-8-16-13/h2-5,11,13,16H,6-10H2,1H3. The lowest BCUT2D eigenvalue weighted by molar-refractivity contribution is 0.0658. The smallest absolute Gasteiger partial charge is 0.257 e. The molecule has 4 heteroatoms. The summed E-state index contributed by atoms with van der Waals surface area (Å²) in [6, 6.07) is 8.08. The molecule has 3 rings (SSSR count). The van der Waals surface area contributed by atoms with Crippen molar-refractivity contribution < 1.29 is 9.53 Å². The van der Waals surface area contributed by atoms with E-state index < -0.39 is 0 Å². The van der Waals surface area contributed by atoms with E-state index in [0.717, 1.165) is 26.1 Å². The lowest BCUT2D eigenvalue weighted by atomic mass is 9.93. The molecular formula is C15H20N2O2. The van der Waals surface area contributed by atoms with E-state index >= 15 is 0 Å². The number of benzene rings is 1. The molecule has 19 heavy (non-hydrogen) atoms. The molecule has 1 aromatic carbocycles. The van der Waals surface area contributed by atoms with Crippen LogP contribution in [0.1, 0.15) is 23.2 Å². The first-order valence-corrected chi connectivity index (χ1v) is 6.95. The van der Waals surface area contributed by atoms with Gasteiger partial charge in [0.05, 0.1) is 12.7 Å². The second kappa shape index (κ2) is 5.21. The summed E-state index contributed by atoms with van der Waals surface area (Å²) in [5.74, 6) is 1.38. The van der Waals surface area contributed by atoms with Gasteiger partial charge in [-0.05, 0) is 37.4 Å². The Balaban J connectivity index is 1.76. The van der Waals surface area contributed by atoms with Gasteiger partial charge in [0.1, 0.15) is 5.75 Å². The highest BCUT2D eigenvalue weighted by atomic mass is 16.5. The molecule has 0 spiro atoms. The number of ether oxygens (including phenoxy) is 1. The minimum Gasteiger partial charge on any atom is -0.496 e. The molecule has 0 bridgehead atoms. The summed E-state index contributed by atoms with van der Waals surface area (Å²) in [5.41, 5.74) is 0.675. The molecule has 0 saturated carbocycles. The molecule has 0 aromatic heterocycles. The number of piperidine rings is 1. The highest BCUT2D eigenvalue weighted by Crippen LogP contribution is 2.27. The normalized spacial score (nSPS) is 26.1. The van der Waals surface area contributed by atoms with Crippen LogP contribution in [0.15, 0.2) is 24.3 Å². The number of para-hydroxylation sites is 1. The quantitative estimate of drug-likeness (QED) is 0.876. The van der Waals surface area contributed by atoms with Crippen LogP contribution in [-0.2, 0) is 0 Å². The Hall–Kier alpha value is -1.55. The highest BCUT2D eigenvalue weighted by molar-refractivity contribution is 5.97. The average molecular weight is 260 g/mol. The van der Waals surface area contributed by atoms with Gasteiger partial charge in [0.15, 0.2) is 0 Å². The molecule has 2 saturated heterocycles. The van der Waals surface area contributed by atoms with E-state index in [1.165, 1.54) is 6.42 Å². The number of nitrogens with one attached hydrogen (secondary N) is 1. The maximum atomic E-state index is 12.6. The summed E-state index contributed by atoms with van der Waals surface area (Å²) in [6.45, 7) is 2.80. The second-order valence-corrected chi connectivity index (χ2v) is 5.35. The van der Waals surface area contributed by atoms with E-state index in [1.54, 1.807) is 7.11 Å². The predicted octanol–water partition coefficient (Wildman–Crippen LogP) is 1.52. The van der Waals surface area contributed by atoms with E-state index in [4.69, 9.17) is 4.74 Å². The molecule has 2 atom stereocenters. The third-order valence-corrected chi connectivity index (χ3v) is 4.28. The first-order chi connectivity index (χ1) is 9.29. The Kier molecular flexibility index (Phi) is 3.42. The molecule has 1 amide bonds. The van der Waals surface area contributed by atoms with Crippen molar-refractivity contribution >= 4 is 5.91 Å². The van der Waals surface area contributed by atoms with Crippen molar-refractivity contribution in [1.82, 2.24) is 10.2 Å². The van der Waals surface area contributed by atoms with Crippen molar-refractivity contribution in [2.75, 3.05) is 26.7 Å². The van der Waals surface area contributed by atoms with E-state index in [-0.39, 0.29) is 5.91 Å². The molecular weight excluding hydrogens is 240 g/mol. The predicted molar refractivity (Wildman–Crippen MR) is 73.4 cm³/mol. The fourth-order valence-corrected chi connectivity index (χ4v) is 3.22. The Bertz CT molecular complexity index is 475. The van der Waals surface area contributed by atoms with Crippen LogP contribution in [0.25, 0.3) is 0 Å². The number of amides is 1. The lowest BCUT2D eigenvalue weighted by Gasteiger charge is -2.35. The van der Waals surface area contributed by atoms with Crippen molar-refractivity contribution in [2.24, 2.45) is 5.92 Å². The minimum atomic E-state index is 0.0998. The van der Waals surface area contributed by atoms with Gasteiger partial charge in [-0.25, -0.2) is 0 Å². The summed E-state index contributed by atoms with van der Waals surface area (Å²) >= 11 is 0.